The molecular formula is C17H30N2O3. The average molecular weight is 310 g/mol. The van der Waals surface area contributed by atoms with Crippen LogP contribution in [0.4, 0.5) is 4.79 Å². The number of nitrogens with one attached hydrogen (secondary N) is 2. The van der Waals surface area contributed by atoms with Crippen molar-refractivity contribution in [1.29, 1.82) is 0 Å². The highest BCUT2D eigenvalue weighted by Gasteiger charge is 2.29. The molecule has 2 amide bonds. The minimum Gasteiger partial charge on any atom is -0.440 e. The van der Waals surface area contributed by atoms with Crippen LogP contribution in [0, 0.1) is 5.41 Å². The van der Waals surface area contributed by atoms with Gasteiger partial charge in [0.05, 0.1) is 6.04 Å². The lowest BCUT2D eigenvalue weighted by Gasteiger charge is -2.30. The Morgan fingerprint density at radius 1 is 1.23 bits per heavy atom. The van der Waals surface area contributed by atoms with Crippen LogP contribution in [0.1, 0.15) is 60.3 Å². The van der Waals surface area contributed by atoms with Crippen molar-refractivity contribution in [2.75, 3.05) is 0 Å². The highest BCUT2D eigenvalue weighted by Crippen LogP contribution is 2.19. The molecule has 0 aromatic rings. The van der Waals surface area contributed by atoms with Gasteiger partial charge in [0.15, 0.2) is 0 Å². The lowest BCUT2D eigenvalue weighted by molar-refractivity contribution is -0.130. The van der Waals surface area contributed by atoms with Crippen LogP contribution in [0.25, 0.3) is 0 Å². The zero-order chi connectivity index (χ0) is 16.8. The molecule has 0 radical (unpaired) electrons. The highest BCUT2D eigenvalue weighted by atomic mass is 16.6. The summed E-state index contributed by atoms with van der Waals surface area (Å²) < 4.78 is 5.51. The van der Waals surface area contributed by atoms with Crippen LogP contribution in [0.2, 0.25) is 0 Å². The van der Waals surface area contributed by atoms with Gasteiger partial charge < -0.3 is 15.4 Å². The molecule has 0 aliphatic heterocycles. The second kappa shape index (κ2) is 8.20. The van der Waals surface area contributed by atoms with Crippen molar-refractivity contribution in [3.63, 3.8) is 0 Å². The normalized spacial score (nSPS) is 24.1. The number of allylic oxidation sites excluding steroid dienone is 1. The predicted octanol–water partition coefficient (Wildman–Crippen LogP) is 3.15. The Kier molecular flexibility index (Phi) is 6.91. The van der Waals surface area contributed by atoms with E-state index in [4.69, 9.17) is 4.74 Å². The second-order valence-electron chi connectivity index (χ2n) is 7.21. The number of amides is 2. The molecule has 0 aromatic heterocycles. The maximum Gasteiger partial charge on any atom is 0.407 e. The minimum absolute atomic E-state index is 0.0210. The van der Waals surface area contributed by atoms with Crippen LogP contribution < -0.4 is 10.6 Å². The molecule has 1 aliphatic carbocycles. The first-order valence-electron chi connectivity index (χ1n) is 8.15. The van der Waals surface area contributed by atoms with Gasteiger partial charge in [0.1, 0.15) is 6.10 Å². The Labute approximate surface area is 133 Å². The Morgan fingerprint density at radius 2 is 1.91 bits per heavy atom. The lowest BCUT2D eigenvalue weighted by atomic mass is 9.93. The fraction of sp³-hybridized carbons (Fsp3) is 0.765. The maximum atomic E-state index is 12.2. The Balaban J connectivity index is 2.78. The summed E-state index contributed by atoms with van der Waals surface area (Å²) >= 11 is 0. The lowest BCUT2D eigenvalue weighted by Crippen LogP contribution is -2.49. The summed E-state index contributed by atoms with van der Waals surface area (Å²) in [5, 5.41) is 5.76. The maximum absolute atomic E-state index is 12.2. The Hall–Kier alpha value is -1.52. The second-order valence-corrected chi connectivity index (χ2v) is 7.21. The number of rotatable bonds is 3. The summed E-state index contributed by atoms with van der Waals surface area (Å²) in [5.74, 6) is -0.0238. The molecule has 2 unspecified atom stereocenters. The fourth-order valence-electron chi connectivity index (χ4n) is 2.21. The van der Waals surface area contributed by atoms with Gasteiger partial charge in [-0.25, -0.2) is 4.79 Å². The molecule has 0 fully saturated rings. The molecule has 0 saturated carbocycles. The van der Waals surface area contributed by atoms with Gasteiger partial charge in [-0.3, -0.25) is 4.79 Å². The number of hydrogen-bond donors (Lipinski definition) is 2. The van der Waals surface area contributed by atoms with Crippen molar-refractivity contribution in [2.24, 2.45) is 5.41 Å². The molecule has 0 spiro atoms. The summed E-state index contributed by atoms with van der Waals surface area (Å²) in [6, 6.07) is -0.158. The molecule has 1 aliphatic rings. The van der Waals surface area contributed by atoms with E-state index in [2.05, 4.69) is 10.6 Å². The molecule has 126 valence electrons. The number of hydrogen-bond acceptors (Lipinski definition) is 3. The van der Waals surface area contributed by atoms with Crippen LogP contribution in [0.15, 0.2) is 12.2 Å². The van der Waals surface area contributed by atoms with Gasteiger partial charge in [-0.05, 0) is 39.2 Å². The third kappa shape index (κ3) is 6.50. The highest BCUT2D eigenvalue weighted by molar-refractivity contribution is 5.81. The van der Waals surface area contributed by atoms with E-state index in [1.54, 1.807) is 0 Å². The SMILES string of the molecule is CC(C)NC(=O)OC1/C=C/CCCCC1NC(=O)C(C)(C)C. The first kappa shape index (κ1) is 18.5. The summed E-state index contributed by atoms with van der Waals surface area (Å²) in [4.78, 5) is 24.1. The van der Waals surface area contributed by atoms with Crippen molar-refractivity contribution in [3.05, 3.63) is 12.2 Å². The van der Waals surface area contributed by atoms with Crippen LogP contribution in [0.3, 0.4) is 0 Å². The quantitative estimate of drug-likeness (QED) is 0.787. The van der Waals surface area contributed by atoms with Crippen LogP contribution in [-0.4, -0.2) is 30.2 Å². The topological polar surface area (TPSA) is 67.4 Å². The summed E-state index contributed by atoms with van der Waals surface area (Å²) in [6.45, 7) is 9.40. The number of carbonyl (C=O) groups is 2. The smallest absolute Gasteiger partial charge is 0.407 e. The molecular weight excluding hydrogens is 280 g/mol. The van der Waals surface area contributed by atoms with Gasteiger partial charge in [0, 0.05) is 11.5 Å². The summed E-state index contributed by atoms with van der Waals surface area (Å²) in [7, 11) is 0. The van der Waals surface area contributed by atoms with E-state index in [0.29, 0.717) is 0 Å². The number of carbonyl (C=O) groups excluding carboxylic acids is 2. The van der Waals surface area contributed by atoms with Crippen LogP contribution >= 0.6 is 0 Å². The summed E-state index contributed by atoms with van der Waals surface area (Å²) in [6.07, 6.45) is 6.94. The van der Waals surface area contributed by atoms with E-state index in [-0.39, 0.29) is 18.0 Å². The van der Waals surface area contributed by atoms with E-state index in [1.165, 1.54) is 0 Å². The molecule has 22 heavy (non-hydrogen) atoms. The van der Waals surface area contributed by atoms with E-state index >= 15 is 0 Å². The number of alkyl carbamates (subject to hydrolysis) is 1. The van der Waals surface area contributed by atoms with Crippen molar-refractivity contribution in [1.82, 2.24) is 10.6 Å². The fourth-order valence-corrected chi connectivity index (χ4v) is 2.21. The van der Waals surface area contributed by atoms with Crippen LogP contribution in [0.5, 0.6) is 0 Å². The molecule has 0 bridgehead atoms. The van der Waals surface area contributed by atoms with E-state index in [9.17, 15) is 9.59 Å². The molecule has 5 nitrogen and oxygen atoms in total. The first-order valence-corrected chi connectivity index (χ1v) is 8.15. The molecule has 2 N–H and O–H groups in total. The van der Waals surface area contributed by atoms with E-state index < -0.39 is 17.6 Å². The average Bonchev–Trinajstić information content (AvgIpc) is 2.34. The molecule has 2 atom stereocenters. The van der Waals surface area contributed by atoms with Gasteiger partial charge in [0.25, 0.3) is 0 Å². The summed E-state index contributed by atoms with van der Waals surface area (Å²) in [5.41, 5.74) is -0.461. The van der Waals surface area contributed by atoms with Gasteiger partial charge in [-0.15, -0.1) is 0 Å². The van der Waals surface area contributed by atoms with Crippen molar-refractivity contribution in [3.8, 4) is 0 Å². The molecule has 1 rings (SSSR count). The Morgan fingerprint density at radius 3 is 2.50 bits per heavy atom. The first-order chi connectivity index (χ1) is 10.2. The zero-order valence-corrected chi connectivity index (χ0v) is 14.4. The van der Waals surface area contributed by atoms with Crippen molar-refractivity contribution in [2.45, 2.75) is 78.5 Å². The third-order valence-corrected chi connectivity index (χ3v) is 3.51. The Bertz CT molecular complexity index is 411. The minimum atomic E-state index is -0.461. The molecule has 0 heterocycles. The third-order valence-electron chi connectivity index (χ3n) is 3.51. The zero-order valence-electron chi connectivity index (χ0n) is 14.4. The van der Waals surface area contributed by atoms with Gasteiger partial charge >= 0.3 is 6.09 Å². The molecule has 5 heteroatoms. The largest absolute Gasteiger partial charge is 0.440 e. The van der Waals surface area contributed by atoms with Gasteiger partial charge in [-0.1, -0.05) is 33.3 Å². The molecule has 0 aromatic carbocycles. The van der Waals surface area contributed by atoms with Crippen LogP contribution in [-0.2, 0) is 9.53 Å². The monoisotopic (exact) mass is 310 g/mol. The van der Waals surface area contributed by atoms with Gasteiger partial charge in [0.2, 0.25) is 5.91 Å². The van der Waals surface area contributed by atoms with Gasteiger partial charge in [-0.2, -0.15) is 0 Å². The van der Waals surface area contributed by atoms with Crippen molar-refractivity contribution >= 4 is 12.0 Å². The van der Waals surface area contributed by atoms with E-state index in [1.807, 2.05) is 46.8 Å². The molecule has 0 saturated heterocycles. The van der Waals surface area contributed by atoms with E-state index in [0.717, 1.165) is 25.7 Å². The standard InChI is InChI=1S/C17H30N2O3/c1-12(2)18-16(21)22-14-11-9-7-6-8-10-13(14)19-15(20)17(3,4)5/h9,11-14H,6-8,10H2,1-5H3,(H,18,21)(H,19,20)/b11-9+. The van der Waals surface area contributed by atoms with Crippen molar-refractivity contribution < 1.29 is 14.3 Å². The number of ether oxygens (including phenoxy) is 1. The predicted molar refractivity (Wildman–Crippen MR) is 87.5 cm³/mol.